The van der Waals surface area contributed by atoms with E-state index in [1.165, 1.54) is 0 Å². The fourth-order valence-electron chi connectivity index (χ4n) is 3.13. The maximum Gasteiger partial charge on any atom is 0.224 e. The molecule has 5 N–H and O–H groups in total. The Balaban J connectivity index is 1.81. The molecule has 0 amide bonds. The van der Waals surface area contributed by atoms with Gasteiger partial charge in [-0.25, -0.2) is 4.98 Å². The molecule has 3 atom stereocenters. The number of hydrogen-bond acceptors (Lipinski definition) is 9. The van der Waals surface area contributed by atoms with Gasteiger partial charge in [0.15, 0.2) is 17.0 Å². The number of unbranched alkanes of at least 4 members (excludes halogenated alkanes) is 2. The first-order valence-electron chi connectivity index (χ1n) is 8.83. The highest BCUT2D eigenvalue weighted by molar-refractivity contribution is 5.84. The van der Waals surface area contributed by atoms with Gasteiger partial charge in [0.2, 0.25) is 5.95 Å². The zero-order valence-electron chi connectivity index (χ0n) is 14.8. The molecule has 1 aliphatic rings. The first kappa shape index (κ1) is 19.1. The van der Waals surface area contributed by atoms with Gasteiger partial charge in [-0.15, -0.1) is 0 Å². The molecule has 1 saturated heterocycles. The van der Waals surface area contributed by atoms with Crippen LogP contribution in [0.3, 0.4) is 0 Å². The van der Waals surface area contributed by atoms with Crippen LogP contribution in [0.1, 0.15) is 31.9 Å². The summed E-state index contributed by atoms with van der Waals surface area (Å²) >= 11 is 0. The van der Waals surface area contributed by atoms with Gasteiger partial charge >= 0.3 is 0 Å². The third kappa shape index (κ3) is 4.19. The highest BCUT2D eigenvalue weighted by Crippen LogP contribution is 2.33. The molecule has 146 valence electrons. The number of aliphatic hydroxyl groups excluding tert-OH is 2. The summed E-state index contributed by atoms with van der Waals surface area (Å²) in [4.78, 5) is 15.7. The van der Waals surface area contributed by atoms with Gasteiger partial charge < -0.3 is 26.0 Å². The minimum absolute atomic E-state index is 0.102. The first-order valence-corrected chi connectivity index (χ1v) is 8.83. The summed E-state index contributed by atoms with van der Waals surface area (Å²) in [5, 5.41) is 25.2. The minimum Gasteiger partial charge on any atom is -0.396 e. The standard InChI is InChI=1S/C15H23N9O3/c16-15-20-13(18-4-2-1-3-5-25)12-14(21-15)24(8-19-12)11-6-9(22-23-17)10(7-26)27-11/h8-11,25-26H,1-7H2,(H3,16,18,20,21)/t9?,10-,11-/m1/s1. The third-order valence-electron chi connectivity index (χ3n) is 4.46. The summed E-state index contributed by atoms with van der Waals surface area (Å²) in [6, 6.07) is -0.467. The van der Waals surface area contributed by atoms with Gasteiger partial charge in [0, 0.05) is 24.5 Å². The van der Waals surface area contributed by atoms with Gasteiger partial charge in [-0.05, 0) is 24.8 Å². The van der Waals surface area contributed by atoms with Crippen LogP contribution in [0.2, 0.25) is 0 Å². The topological polar surface area (TPSA) is 180 Å². The Bertz CT molecular complexity index is 820. The number of anilines is 2. The number of nitrogens with zero attached hydrogens (tertiary/aromatic N) is 7. The molecule has 0 saturated carbocycles. The largest absolute Gasteiger partial charge is 0.396 e. The van der Waals surface area contributed by atoms with E-state index < -0.39 is 18.4 Å². The quantitative estimate of drug-likeness (QED) is 0.215. The van der Waals surface area contributed by atoms with Crippen LogP contribution in [0.5, 0.6) is 0 Å². The number of imidazole rings is 1. The van der Waals surface area contributed by atoms with Crippen LogP contribution in [-0.2, 0) is 4.74 Å². The molecule has 0 bridgehead atoms. The Morgan fingerprint density at radius 3 is 2.96 bits per heavy atom. The summed E-state index contributed by atoms with van der Waals surface area (Å²) in [6.07, 6.45) is 3.46. The van der Waals surface area contributed by atoms with E-state index in [0.29, 0.717) is 29.9 Å². The van der Waals surface area contributed by atoms with E-state index in [0.717, 1.165) is 19.3 Å². The van der Waals surface area contributed by atoms with E-state index in [1.54, 1.807) is 10.9 Å². The Labute approximate surface area is 155 Å². The molecule has 27 heavy (non-hydrogen) atoms. The zero-order valence-corrected chi connectivity index (χ0v) is 14.8. The molecule has 1 aliphatic heterocycles. The Hall–Kier alpha value is -2.66. The predicted octanol–water partition coefficient (Wildman–Crippen LogP) is 0.942. The third-order valence-corrected chi connectivity index (χ3v) is 4.46. The number of nitrogens with one attached hydrogen (secondary N) is 1. The molecule has 1 fully saturated rings. The van der Waals surface area contributed by atoms with Crippen molar-refractivity contribution in [3.63, 3.8) is 0 Å². The second kappa shape index (κ2) is 8.82. The summed E-state index contributed by atoms with van der Waals surface area (Å²) < 4.78 is 7.50. The minimum atomic E-state index is -0.577. The fourth-order valence-corrected chi connectivity index (χ4v) is 3.13. The maximum atomic E-state index is 9.43. The van der Waals surface area contributed by atoms with Crippen molar-refractivity contribution >= 4 is 22.9 Å². The van der Waals surface area contributed by atoms with Crippen LogP contribution >= 0.6 is 0 Å². The van der Waals surface area contributed by atoms with Gasteiger partial charge in [0.25, 0.3) is 0 Å². The van der Waals surface area contributed by atoms with Crippen molar-refractivity contribution in [1.82, 2.24) is 19.5 Å². The molecule has 0 spiro atoms. The van der Waals surface area contributed by atoms with Crippen molar-refractivity contribution in [2.45, 2.75) is 44.1 Å². The van der Waals surface area contributed by atoms with Crippen LogP contribution in [-0.4, -0.2) is 61.6 Å². The lowest BCUT2D eigenvalue weighted by molar-refractivity contribution is -0.0232. The van der Waals surface area contributed by atoms with Crippen molar-refractivity contribution in [3.8, 4) is 0 Å². The molecular weight excluding hydrogens is 354 g/mol. The molecule has 12 nitrogen and oxygen atoms in total. The highest BCUT2D eigenvalue weighted by atomic mass is 16.5. The number of hydrogen-bond donors (Lipinski definition) is 4. The van der Waals surface area contributed by atoms with Crippen molar-refractivity contribution in [2.24, 2.45) is 5.11 Å². The normalized spacial score (nSPS) is 22.1. The SMILES string of the molecule is [N-]=[N+]=NC1C[C@H](n2cnc3c(NCCCCCO)nc(N)nc32)O[C@@H]1CO. The molecule has 0 radical (unpaired) electrons. The molecule has 3 rings (SSSR count). The molecule has 12 heteroatoms. The van der Waals surface area contributed by atoms with Crippen LogP contribution < -0.4 is 11.1 Å². The first-order chi connectivity index (χ1) is 13.2. The summed E-state index contributed by atoms with van der Waals surface area (Å²) in [5.41, 5.74) is 15.6. The van der Waals surface area contributed by atoms with Crippen LogP contribution in [0.4, 0.5) is 11.8 Å². The summed E-state index contributed by atoms with van der Waals surface area (Å²) in [7, 11) is 0. The van der Waals surface area contributed by atoms with E-state index in [9.17, 15) is 5.11 Å². The van der Waals surface area contributed by atoms with Crippen molar-refractivity contribution < 1.29 is 14.9 Å². The smallest absolute Gasteiger partial charge is 0.224 e. The molecule has 3 heterocycles. The molecule has 1 unspecified atom stereocenters. The fraction of sp³-hybridized carbons (Fsp3) is 0.667. The average Bonchev–Trinajstić information content (AvgIpc) is 3.25. The number of nitrogen functional groups attached to an aromatic ring is 1. The van der Waals surface area contributed by atoms with Gasteiger partial charge in [0.05, 0.1) is 25.1 Å². The van der Waals surface area contributed by atoms with Gasteiger partial charge in [-0.1, -0.05) is 5.11 Å². The number of aliphatic hydroxyl groups is 2. The van der Waals surface area contributed by atoms with Crippen LogP contribution in [0.15, 0.2) is 11.4 Å². The molecule has 0 aliphatic carbocycles. The molecule has 2 aromatic rings. The lowest BCUT2D eigenvalue weighted by Crippen LogP contribution is -2.22. The second-order valence-electron chi connectivity index (χ2n) is 6.29. The Morgan fingerprint density at radius 2 is 2.22 bits per heavy atom. The number of ether oxygens (including phenoxy) is 1. The van der Waals surface area contributed by atoms with Crippen LogP contribution in [0, 0.1) is 0 Å². The van der Waals surface area contributed by atoms with Gasteiger partial charge in [0.1, 0.15) is 6.23 Å². The highest BCUT2D eigenvalue weighted by Gasteiger charge is 2.36. The monoisotopic (exact) mass is 377 g/mol. The van der Waals surface area contributed by atoms with Crippen LogP contribution in [0.25, 0.3) is 21.6 Å². The van der Waals surface area contributed by atoms with E-state index in [4.69, 9.17) is 21.1 Å². The van der Waals surface area contributed by atoms with Crippen molar-refractivity contribution in [2.75, 3.05) is 30.8 Å². The summed E-state index contributed by atoms with van der Waals surface area (Å²) in [5.74, 6) is 0.633. The number of azide groups is 1. The zero-order chi connectivity index (χ0) is 19.2. The molecular formula is C15H23N9O3. The summed E-state index contributed by atoms with van der Waals surface area (Å²) in [6.45, 7) is 0.608. The van der Waals surface area contributed by atoms with E-state index in [1.807, 2.05) is 0 Å². The molecule has 0 aromatic carbocycles. The lowest BCUT2D eigenvalue weighted by Gasteiger charge is -2.14. The van der Waals surface area contributed by atoms with E-state index in [-0.39, 0.29) is 19.2 Å². The lowest BCUT2D eigenvalue weighted by atomic mass is 10.1. The van der Waals surface area contributed by atoms with Gasteiger partial charge in [-0.3, -0.25) is 4.57 Å². The van der Waals surface area contributed by atoms with Gasteiger partial charge in [-0.2, -0.15) is 9.97 Å². The Kier molecular flexibility index (Phi) is 6.24. The van der Waals surface area contributed by atoms with E-state index >= 15 is 0 Å². The molecule has 2 aromatic heterocycles. The number of rotatable bonds is 9. The van der Waals surface area contributed by atoms with Crippen molar-refractivity contribution in [1.29, 1.82) is 0 Å². The predicted molar refractivity (Wildman–Crippen MR) is 97.7 cm³/mol. The Morgan fingerprint density at radius 1 is 1.37 bits per heavy atom. The maximum absolute atomic E-state index is 9.43. The number of aromatic nitrogens is 4. The number of nitrogens with two attached hydrogens (primary N) is 1. The second-order valence-corrected chi connectivity index (χ2v) is 6.29. The average molecular weight is 377 g/mol. The van der Waals surface area contributed by atoms with E-state index in [2.05, 4.69) is 30.3 Å². The van der Waals surface area contributed by atoms with Crippen molar-refractivity contribution in [3.05, 3.63) is 16.8 Å². The number of fused-ring (bicyclic) bond motifs is 1.